The fourth-order valence-electron chi connectivity index (χ4n) is 3.16. The Labute approximate surface area is 174 Å². The minimum atomic E-state index is -1.25. The van der Waals surface area contributed by atoms with Crippen LogP contribution in [-0.4, -0.2) is 36.4 Å². The summed E-state index contributed by atoms with van der Waals surface area (Å²) in [6, 6.07) is 4.88. The van der Waals surface area contributed by atoms with Crippen LogP contribution < -0.4 is 16.6 Å². The molecule has 0 radical (unpaired) electrons. The van der Waals surface area contributed by atoms with Gasteiger partial charge in [0, 0.05) is 17.7 Å². The third kappa shape index (κ3) is 3.84. The molecule has 0 aliphatic carbocycles. The molecule has 3 aromatic heterocycles. The number of halogens is 1. The van der Waals surface area contributed by atoms with Crippen LogP contribution in [0.5, 0.6) is 0 Å². The molecule has 1 aromatic carbocycles. The third-order valence-electron chi connectivity index (χ3n) is 4.74. The number of hydrogen-bond acceptors (Lipinski definition) is 8. The largest absolute Gasteiger partial charge is 0.455 e. The van der Waals surface area contributed by atoms with Gasteiger partial charge in [0.1, 0.15) is 17.1 Å². The lowest BCUT2D eigenvalue weighted by Gasteiger charge is -2.09. The number of anilines is 1. The summed E-state index contributed by atoms with van der Waals surface area (Å²) in [7, 11) is 3.84. The number of carbonyl (C=O) groups is 1. The molecular formula is C21H18FN3O6. The van der Waals surface area contributed by atoms with E-state index >= 15 is 0 Å². The van der Waals surface area contributed by atoms with Crippen LogP contribution in [0, 0.1) is 12.7 Å². The van der Waals surface area contributed by atoms with Gasteiger partial charge in [0.2, 0.25) is 11.2 Å². The lowest BCUT2D eigenvalue weighted by atomic mass is 10.1. The number of carbonyl (C=O) groups excluding carboxylic acids is 1. The molecule has 0 atom stereocenters. The maximum Gasteiger partial charge on any atom is 0.423 e. The smallest absolute Gasteiger partial charge is 0.423 e. The molecule has 1 amide bonds. The van der Waals surface area contributed by atoms with Crippen molar-refractivity contribution in [1.29, 1.82) is 0 Å². The predicted molar refractivity (Wildman–Crippen MR) is 110 cm³/mol. The molecule has 0 aliphatic heterocycles. The second-order valence-electron chi connectivity index (χ2n) is 7.23. The van der Waals surface area contributed by atoms with E-state index in [2.05, 4.69) is 10.3 Å². The number of aryl methyl sites for hydroxylation is 1. The van der Waals surface area contributed by atoms with Gasteiger partial charge in [0.05, 0.1) is 0 Å². The van der Waals surface area contributed by atoms with Crippen molar-refractivity contribution in [3.8, 4) is 0 Å². The van der Waals surface area contributed by atoms with Crippen molar-refractivity contribution in [3.05, 3.63) is 67.8 Å². The van der Waals surface area contributed by atoms with Gasteiger partial charge in [-0.05, 0) is 51.7 Å². The Bertz CT molecular complexity index is 1420. The second kappa shape index (κ2) is 7.80. The highest BCUT2D eigenvalue weighted by Gasteiger charge is 2.24. The lowest BCUT2D eigenvalue weighted by Crippen LogP contribution is -2.22. The van der Waals surface area contributed by atoms with E-state index in [4.69, 9.17) is 13.3 Å². The van der Waals surface area contributed by atoms with E-state index in [0.717, 1.165) is 17.7 Å². The number of rotatable bonds is 5. The number of hydrogen-bond donors (Lipinski definition) is 1. The summed E-state index contributed by atoms with van der Waals surface area (Å²) in [6.45, 7) is 2.44. The van der Waals surface area contributed by atoms with Gasteiger partial charge in [0.25, 0.3) is 5.91 Å². The molecule has 0 unspecified atom stereocenters. The predicted octanol–water partition coefficient (Wildman–Crippen LogP) is 2.69. The average molecular weight is 427 g/mol. The van der Waals surface area contributed by atoms with Crippen molar-refractivity contribution in [3.63, 3.8) is 0 Å². The molecule has 9 nitrogen and oxygen atoms in total. The van der Waals surface area contributed by atoms with E-state index in [-0.39, 0.29) is 28.1 Å². The van der Waals surface area contributed by atoms with Crippen molar-refractivity contribution >= 4 is 34.0 Å². The summed E-state index contributed by atoms with van der Waals surface area (Å²) in [4.78, 5) is 42.6. The zero-order valence-electron chi connectivity index (χ0n) is 16.9. The van der Waals surface area contributed by atoms with Crippen LogP contribution in [0.25, 0.3) is 22.3 Å². The van der Waals surface area contributed by atoms with Crippen molar-refractivity contribution in [2.24, 2.45) is 0 Å². The fraction of sp³-hybridized carbons (Fsp3) is 0.238. The van der Waals surface area contributed by atoms with E-state index in [1.54, 1.807) is 6.92 Å². The molecule has 0 aliphatic rings. The Balaban J connectivity index is 1.91. The molecule has 0 saturated carbocycles. The van der Waals surface area contributed by atoms with Crippen molar-refractivity contribution in [2.45, 2.75) is 13.3 Å². The highest BCUT2D eigenvalue weighted by molar-refractivity contribution is 6.10. The number of nitrogens with one attached hydrogen (secondary N) is 1. The Kier molecular flexibility index (Phi) is 5.15. The van der Waals surface area contributed by atoms with Crippen LogP contribution in [-0.2, 0) is 6.42 Å². The molecular weight excluding hydrogens is 409 g/mol. The van der Waals surface area contributed by atoms with E-state index in [0.29, 0.717) is 24.2 Å². The standard InChI is InChI=1S/C21H18FN3O6/c1-10-13(8-9-25(2)3)14-15(29-10)16-17(31-21(28)20(27)30-16)18(23-14)24-19(26)11-4-6-12(22)7-5-11/h4-7H,8-9H2,1-3H3,(H,23,24,26). The van der Waals surface area contributed by atoms with Crippen molar-refractivity contribution in [1.82, 2.24) is 9.88 Å². The first kappa shape index (κ1) is 20.5. The lowest BCUT2D eigenvalue weighted by molar-refractivity contribution is 0.102. The number of fused-ring (bicyclic) bond motifs is 3. The van der Waals surface area contributed by atoms with Crippen LogP contribution in [0.1, 0.15) is 21.7 Å². The average Bonchev–Trinajstić information content (AvgIpc) is 3.03. The number of pyridine rings is 1. The van der Waals surface area contributed by atoms with Crippen LogP contribution in [0.4, 0.5) is 10.2 Å². The van der Waals surface area contributed by atoms with E-state index in [9.17, 15) is 18.8 Å². The van der Waals surface area contributed by atoms with Gasteiger partial charge in [0.15, 0.2) is 11.4 Å². The molecule has 3 heterocycles. The normalized spacial score (nSPS) is 11.5. The topological polar surface area (TPSA) is 119 Å². The van der Waals surface area contributed by atoms with Crippen molar-refractivity contribution in [2.75, 3.05) is 26.0 Å². The molecule has 0 fully saturated rings. The van der Waals surface area contributed by atoms with Gasteiger partial charge in [-0.15, -0.1) is 0 Å². The first-order chi connectivity index (χ1) is 14.7. The summed E-state index contributed by atoms with van der Waals surface area (Å²) in [6.07, 6.45) is 0.580. The van der Waals surface area contributed by atoms with Crippen LogP contribution in [0.3, 0.4) is 0 Å². The molecule has 4 rings (SSSR count). The Morgan fingerprint density at radius 3 is 2.32 bits per heavy atom. The minimum Gasteiger partial charge on any atom is -0.455 e. The molecule has 10 heteroatoms. The van der Waals surface area contributed by atoms with E-state index in [1.165, 1.54) is 12.1 Å². The zero-order chi connectivity index (χ0) is 22.3. The quantitative estimate of drug-likeness (QED) is 0.483. The first-order valence-electron chi connectivity index (χ1n) is 9.36. The maximum atomic E-state index is 13.2. The van der Waals surface area contributed by atoms with Gasteiger partial charge in [-0.1, -0.05) is 0 Å². The molecule has 0 saturated heterocycles. The van der Waals surface area contributed by atoms with Gasteiger partial charge < -0.3 is 23.5 Å². The molecule has 4 aromatic rings. The summed E-state index contributed by atoms with van der Waals surface area (Å²) in [5.41, 5.74) is -1.39. The number of nitrogens with zero attached hydrogens (tertiary/aromatic N) is 2. The molecule has 1 N–H and O–H groups in total. The molecule has 31 heavy (non-hydrogen) atoms. The summed E-state index contributed by atoms with van der Waals surface area (Å²) in [5, 5.41) is 2.54. The van der Waals surface area contributed by atoms with Gasteiger partial charge >= 0.3 is 11.3 Å². The highest BCUT2D eigenvalue weighted by Crippen LogP contribution is 2.33. The number of amides is 1. The number of aromatic nitrogens is 1. The Morgan fingerprint density at radius 1 is 1.03 bits per heavy atom. The fourth-order valence-corrected chi connectivity index (χ4v) is 3.16. The van der Waals surface area contributed by atoms with Gasteiger partial charge in [-0.2, -0.15) is 0 Å². The number of likely N-dealkylation sites (N-methyl/N-ethyl adjacent to an activating group) is 1. The zero-order valence-corrected chi connectivity index (χ0v) is 16.9. The third-order valence-corrected chi connectivity index (χ3v) is 4.74. The Hall–Kier alpha value is -3.79. The summed E-state index contributed by atoms with van der Waals surface area (Å²) < 4.78 is 29.1. The minimum absolute atomic E-state index is 0.121. The molecule has 160 valence electrons. The summed E-state index contributed by atoms with van der Waals surface area (Å²) in [5.74, 6) is -0.670. The monoisotopic (exact) mass is 427 g/mol. The van der Waals surface area contributed by atoms with E-state index in [1.807, 2.05) is 19.0 Å². The van der Waals surface area contributed by atoms with Gasteiger partial charge in [-0.25, -0.2) is 19.0 Å². The number of furan rings is 1. The highest BCUT2D eigenvalue weighted by atomic mass is 19.1. The first-order valence-corrected chi connectivity index (χ1v) is 9.36. The molecule has 0 bridgehead atoms. The van der Waals surface area contributed by atoms with Gasteiger partial charge in [-0.3, -0.25) is 4.79 Å². The van der Waals surface area contributed by atoms with Crippen LogP contribution >= 0.6 is 0 Å². The Morgan fingerprint density at radius 2 is 1.68 bits per heavy atom. The maximum absolute atomic E-state index is 13.2. The molecule has 0 spiro atoms. The summed E-state index contributed by atoms with van der Waals surface area (Å²) >= 11 is 0. The van der Waals surface area contributed by atoms with Crippen molar-refractivity contribution < 1.29 is 22.4 Å². The van der Waals surface area contributed by atoms with Crippen LogP contribution in [0.15, 0.2) is 47.1 Å². The number of benzene rings is 1. The second-order valence-corrected chi connectivity index (χ2v) is 7.23. The van der Waals surface area contributed by atoms with E-state index < -0.39 is 23.0 Å². The SMILES string of the molecule is Cc1oc2c(nc(NC(=O)c3ccc(F)cc3)c3oc(=O)c(=O)oc32)c1CCN(C)C. The van der Waals surface area contributed by atoms with Crippen LogP contribution in [0.2, 0.25) is 0 Å².